The summed E-state index contributed by atoms with van der Waals surface area (Å²) < 4.78 is 4.69. The van der Waals surface area contributed by atoms with Crippen molar-refractivity contribution in [1.29, 1.82) is 0 Å². The standard InChI is InChI=1S/C17H23ClN2O3/c1-11-5-4-6-12(2)20(11)16(21)10-19-13-7-8-15(18)14(9-13)17(22)23-3/h7-9,11-12,19H,4-6,10H2,1-3H3/t11-,12+. The third kappa shape index (κ3) is 4.16. The number of amides is 1. The van der Waals surface area contributed by atoms with Gasteiger partial charge >= 0.3 is 5.97 Å². The number of anilines is 1. The second kappa shape index (κ2) is 7.68. The zero-order chi connectivity index (χ0) is 17.0. The molecular formula is C17H23ClN2O3. The van der Waals surface area contributed by atoms with Gasteiger partial charge < -0.3 is 15.0 Å². The number of halogens is 1. The summed E-state index contributed by atoms with van der Waals surface area (Å²) in [5.74, 6) is -0.428. The number of likely N-dealkylation sites (tertiary alicyclic amines) is 1. The largest absolute Gasteiger partial charge is 0.465 e. The van der Waals surface area contributed by atoms with Gasteiger partial charge in [-0.25, -0.2) is 4.79 Å². The second-order valence-electron chi connectivity index (χ2n) is 5.97. The van der Waals surface area contributed by atoms with Crippen molar-refractivity contribution >= 4 is 29.2 Å². The van der Waals surface area contributed by atoms with Gasteiger partial charge in [-0.05, 0) is 51.3 Å². The number of hydrogen-bond acceptors (Lipinski definition) is 4. The smallest absolute Gasteiger partial charge is 0.339 e. The Morgan fingerprint density at radius 3 is 2.57 bits per heavy atom. The van der Waals surface area contributed by atoms with Crippen LogP contribution in [0.5, 0.6) is 0 Å². The van der Waals surface area contributed by atoms with Crippen molar-refractivity contribution in [3.8, 4) is 0 Å². The Bertz CT molecular complexity index is 581. The van der Waals surface area contributed by atoms with Crippen LogP contribution in [0, 0.1) is 0 Å². The maximum atomic E-state index is 12.5. The number of benzene rings is 1. The lowest BCUT2D eigenvalue weighted by Crippen LogP contribution is -2.49. The van der Waals surface area contributed by atoms with Gasteiger partial charge in [0.1, 0.15) is 0 Å². The molecule has 1 amide bonds. The molecule has 5 nitrogen and oxygen atoms in total. The van der Waals surface area contributed by atoms with Gasteiger partial charge in [0.25, 0.3) is 0 Å². The summed E-state index contributed by atoms with van der Waals surface area (Å²) in [5, 5.41) is 3.40. The molecule has 1 aliphatic heterocycles. The van der Waals surface area contributed by atoms with Gasteiger partial charge in [0.05, 0.1) is 24.2 Å². The van der Waals surface area contributed by atoms with Crippen LogP contribution in [0.2, 0.25) is 5.02 Å². The fourth-order valence-corrected chi connectivity index (χ4v) is 3.28. The molecule has 1 aliphatic rings. The molecule has 0 unspecified atom stereocenters. The van der Waals surface area contributed by atoms with E-state index in [0.29, 0.717) is 10.7 Å². The molecular weight excluding hydrogens is 316 g/mol. The minimum Gasteiger partial charge on any atom is -0.465 e. The van der Waals surface area contributed by atoms with Crippen molar-refractivity contribution in [2.24, 2.45) is 0 Å². The topological polar surface area (TPSA) is 58.6 Å². The number of piperidine rings is 1. The molecule has 0 aliphatic carbocycles. The molecule has 0 spiro atoms. The summed E-state index contributed by atoms with van der Waals surface area (Å²) in [5.41, 5.74) is 0.951. The first-order valence-electron chi connectivity index (χ1n) is 7.87. The number of nitrogens with one attached hydrogen (secondary N) is 1. The van der Waals surface area contributed by atoms with Crippen LogP contribution >= 0.6 is 11.6 Å². The third-order valence-corrected chi connectivity index (χ3v) is 4.63. The van der Waals surface area contributed by atoms with E-state index in [-0.39, 0.29) is 30.1 Å². The minimum atomic E-state index is -0.497. The number of carbonyl (C=O) groups is 2. The van der Waals surface area contributed by atoms with Crippen molar-refractivity contribution in [3.63, 3.8) is 0 Å². The van der Waals surface area contributed by atoms with Crippen LogP contribution in [0.3, 0.4) is 0 Å². The summed E-state index contributed by atoms with van der Waals surface area (Å²) in [7, 11) is 1.31. The quantitative estimate of drug-likeness (QED) is 0.855. The van der Waals surface area contributed by atoms with Gasteiger partial charge in [0, 0.05) is 17.8 Å². The van der Waals surface area contributed by atoms with E-state index in [4.69, 9.17) is 16.3 Å². The number of carbonyl (C=O) groups excluding carboxylic acids is 2. The Morgan fingerprint density at radius 1 is 1.30 bits per heavy atom. The van der Waals surface area contributed by atoms with Crippen LogP contribution in [-0.4, -0.2) is 42.5 Å². The Morgan fingerprint density at radius 2 is 1.96 bits per heavy atom. The van der Waals surface area contributed by atoms with Crippen molar-refractivity contribution in [1.82, 2.24) is 4.90 Å². The molecule has 1 aromatic rings. The Kier molecular flexibility index (Phi) is 5.88. The van der Waals surface area contributed by atoms with E-state index >= 15 is 0 Å². The van der Waals surface area contributed by atoms with E-state index in [9.17, 15) is 9.59 Å². The molecule has 1 N–H and O–H groups in total. The van der Waals surface area contributed by atoms with Crippen LogP contribution in [-0.2, 0) is 9.53 Å². The SMILES string of the molecule is COC(=O)c1cc(NCC(=O)N2[C@H](C)CCC[C@@H]2C)ccc1Cl. The van der Waals surface area contributed by atoms with Crippen molar-refractivity contribution in [3.05, 3.63) is 28.8 Å². The van der Waals surface area contributed by atoms with Crippen molar-refractivity contribution in [2.75, 3.05) is 19.0 Å². The first-order chi connectivity index (χ1) is 10.9. The molecule has 2 rings (SSSR count). The number of ether oxygens (including phenoxy) is 1. The molecule has 1 heterocycles. The van der Waals surface area contributed by atoms with Crippen LogP contribution < -0.4 is 5.32 Å². The number of nitrogens with zero attached hydrogens (tertiary/aromatic N) is 1. The Labute approximate surface area is 141 Å². The van der Waals surface area contributed by atoms with Crippen LogP contribution in [0.25, 0.3) is 0 Å². The highest BCUT2D eigenvalue weighted by atomic mass is 35.5. The molecule has 126 valence electrons. The van der Waals surface area contributed by atoms with Gasteiger partial charge in [-0.2, -0.15) is 0 Å². The fraction of sp³-hybridized carbons (Fsp3) is 0.529. The van der Waals surface area contributed by atoms with E-state index in [1.54, 1.807) is 18.2 Å². The summed E-state index contributed by atoms with van der Waals surface area (Å²) in [4.78, 5) is 26.1. The zero-order valence-electron chi connectivity index (χ0n) is 13.8. The van der Waals surface area contributed by atoms with Crippen molar-refractivity contribution < 1.29 is 14.3 Å². The first kappa shape index (κ1) is 17.6. The van der Waals surface area contributed by atoms with Crippen LogP contribution in [0.15, 0.2) is 18.2 Å². The lowest BCUT2D eigenvalue weighted by Gasteiger charge is -2.39. The Hall–Kier alpha value is -1.75. The van der Waals surface area contributed by atoms with Crippen molar-refractivity contribution in [2.45, 2.75) is 45.2 Å². The molecule has 2 atom stereocenters. The fourth-order valence-electron chi connectivity index (χ4n) is 3.08. The van der Waals surface area contributed by atoms with E-state index < -0.39 is 5.97 Å². The normalized spacial score (nSPS) is 21.0. The maximum absolute atomic E-state index is 12.5. The van der Waals surface area contributed by atoms with Gasteiger partial charge in [-0.1, -0.05) is 11.6 Å². The number of hydrogen-bond donors (Lipinski definition) is 1. The van der Waals surface area contributed by atoms with Gasteiger partial charge in [-0.3, -0.25) is 4.79 Å². The van der Waals surface area contributed by atoms with Gasteiger partial charge in [-0.15, -0.1) is 0 Å². The molecule has 1 saturated heterocycles. The predicted molar refractivity (Wildman–Crippen MR) is 90.9 cm³/mol. The van der Waals surface area contributed by atoms with E-state index in [2.05, 4.69) is 19.2 Å². The molecule has 0 aromatic heterocycles. The lowest BCUT2D eigenvalue weighted by atomic mass is 9.97. The summed E-state index contributed by atoms with van der Waals surface area (Å²) in [6.07, 6.45) is 3.26. The van der Waals surface area contributed by atoms with E-state index in [0.717, 1.165) is 12.8 Å². The van der Waals surface area contributed by atoms with Gasteiger partial charge in [0.2, 0.25) is 5.91 Å². The molecule has 23 heavy (non-hydrogen) atoms. The highest BCUT2D eigenvalue weighted by Gasteiger charge is 2.28. The summed E-state index contributed by atoms with van der Waals surface area (Å²) >= 11 is 5.99. The molecule has 0 bridgehead atoms. The highest BCUT2D eigenvalue weighted by Crippen LogP contribution is 2.24. The van der Waals surface area contributed by atoms with Gasteiger partial charge in [0.15, 0.2) is 0 Å². The lowest BCUT2D eigenvalue weighted by molar-refractivity contribution is -0.135. The average molecular weight is 339 g/mol. The van der Waals surface area contributed by atoms with E-state index in [1.165, 1.54) is 13.5 Å². The predicted octanol–water partition coefficient (Wildman–Crippen LogP) is 3.33. The number of rotatable bonds is 4. The third-order valence-electron chi connectivity index (χ3n) is 4.30. The minimum absolute atomic E-state index is 0.0688. The number of esters is 1. The van der Waals surface area contributed by atoms with E-state index in [1.807, 2.05) is 4.90 Å². The second-order valence-corrected chi connectivity index (χ2v) is 6.38. The molecule has 1 aromatic carbocycles. The molecule has 0 radical (unpaired) electrons. The first-order valence-corrected chi connectivity index (χ1v) is 8.24. The van der Waals surface area contributed by atoms with Crippen LogP contribution in [0.4, 0.5) is 5.69 Å². The molecule has 6 heteroatoms. The highest BCUT2D eigenvalue weighted by molar-refractivity contribution is 6.33. The number of methoxy groups -OCH3 is 1. The maximum Gasteiger partial charge on any atom is 0.339 e. The van der Waals surface area contributed by atoms with Crippen LogP contribution in [0.1, 0.15) is 43.5 Å². The average Bonchev–Trinajstić information content (AvgIpc) is 2.53. The Balaban J connectivity index is 2.03. The molecule has 0 saturated carbocycles. The molecule has 1 fully saturated rings. The summed E-state index contributed by atoms with van der Waals surface area (Å²) in [6, 6.07) is 5.50. The zero-order valence-corrected chi connectivity index (χ0v) is 14.5. The monoisotopic (exact) mass is 338 g/mol. The summed E-state index contributed by atoms with van der Waals surface area (Å²) in [6.45, 7) is 4.37.